The molecular weight excluding hydrogens is 571 g/mol. The summed E-state index contributed by atoms with van der Waals surface area (Å²) in [6.45, 7) is -1.14. The number of hydrogen-bond acceptors (Lipinski definition) is 16. The normalized spacial score (nSPS) is 29.9. The van der Waals surface area contributed by atoms with Gasteiger partial charge in [0.15, 0.2) is 35.1 Å². The number of nitrogens with two attached hydrogens (primary N) is 2. The Morgan fingerprint density at radius 1 is 1.07 bits per heavy atom. The topological polar surface area (TPSA) is 294 Å². The van der Waals surface area contributed by atoms with Crippen LogP contribution in [0.25, 0.3) is 22.3 Å². The maximum absolute atomic E-state index is 13.0. The zero-order chi connectivity index (χ0) is 29.1. The Kier molecular flexibility index (Phi) is 6.96. The average Bonchev–Trinajstić information content (AvgIpc) is 3.69. The van der Waals surface area contributed by atoms with Gasteiger partial charge in [0.1, 0.15) is 36.3 Å². The third-order valence-corrected chi connectivity index (χ3v) is 7.71. The van der Waals surface area contributed by atoms with E-state index in [0.29, 0.717) is 11.2 Å². The summed E-state index contributed by atoms with van der Waals surface area (Å²) in [5.41, 5.74) is 11.3. The molecule has 0 bridgehead atoms. The van der Waals surface area contributed by atoms with Crippen LogP contribution >= 0.6 is 7.82 Å². The second-order valence-corrected chi connectivity index (χ2v) is 10.8. The molecule has 41 heavy (non-hydrogen) atoms. The van der Waals surface area contributed by atoms with Crippen LogP contribution in [-0.2, 0) is 23.1 Å². The number of ether oxygens (including phenoxy) is 2. The van der Waals surface area contributed by atoms with E-state index < -0.39 is 69.6 Å². The first-order chi connectivity index (χ1) is 19.6. The summed E-state index contributed by atoms with van der Waals surface area (Å²) in [7, 11) is -4.92. The molecule has 0 aromatic carbocycles. The van der Waals surface area contributed by atoms with Crippen molar-refractivity contribution in [3.8, 4) is 0 Å². The number of phosphoric ester groups is 1. The van der Waals surface area contributed by atoms with Crippen molar-refractivity contribution >= 4 is 41.9 Å². The molecule has 2 aliphatic rings. The number of nitrogen functional groups attached to an aromatic ring is 2. The Morgan fingerprint density at radius 3 is 2.56 bits per heavy atom. The number of anilines is 2. The molecule has 2 saturated heterocycles. The summed E-state index contributed by atoms with van der Waals surface area (Å²) in [5.74, 6) is -0.0825. The quantitative estimate of drug-likeness (QED) is 0.104. The van der Waals surface area contributed by atoms with E-state index in [2.05, 4.69) is 29.9 Å². The van der Waals surface area contributed by atoms with Gasteiger partial charge in [-0.2, -0.15) is 4.98 Å². The summed E-state index contributed by atoms with van der Waals surface area (Å²) < 4.78 is 37.5. The van der Waals surface area contributed by atoms with Gasteiger partial charge in [0, 0.05) is 6.42 Å². The van der Waals surface area contributed by atoms with E-state index in [-0.39, 0.29) is 29.4 Å². The van der Waals surface area contributed by atoms with Crippen LogP contribution in [0.5, 0.6) is 0 Å². The van der Waals surface area contributed by atoms with Gasteiger partial charge in [-0.1, -0.05) is 0 Å². The highest BCUT2D eigenvalue weighted by Crippen LogP contribution is 2.50. The predicted octanol–water partition coefficient (Wildman–Crippen LogP) is -2.47. The first-order valence-corrected chi connectivity index (χ1v) is 13.6. The van der Waals surface area contributed by atoms with E-state index in [1.165, 1.54) is 21.8 Å². The van der Waals surface area contributed by atoms with Crippen molar-refractivity contribution in [2.75, 3.05) is 24.7 Å². The number of nitrogens with zero attached hydrogens (tertiary/aromatic N) is 7. The first kappa shape index (κ1) is 27.6. The van der Waals surface area contributed by atoms with Crippen LogP contribution in [0.4, 0.5) is 11.8 Å². The highest BCUT2D eigenvalue weighted by Gasteiger charge is 2.49. The molecule has 0 radical (unpaired) electrons. The number of H-pyrrole nitrogens is 1. The summed E-state index contributed by atoms with van der Waals surface area (Å²) in [6, 6.07) is 0. The zero-order valence-corrected chi connectivity index (χ0v) is 21.8. The van der Waals surface area contributed by atoms with Crippen LogP contribution in [0, 0.1) is 0 Å². The number of fused-ring (bicyclic) bond motifs is 2. The maximum Gasteiger partial charge on any atom is 0.472 e. The molecule has 4 aromatic heterocycles. The van der Waals surface area contributed by atoms with Crippen LogP contribution in [0.1, 0.15) is 18.9 Å². The lowest BCUT2D eigenvalue weighted by Crippen LogP contribution is -2.35. The van der Waals surface area contributed by atoms with Crippen LogP contribution in [-0.4, -0.2) is 103 Å². The molecule has 0 aliphatic carbocycles. The van der Waals surface area contributed by atoms with E-state index in [1.54, 1.807) is 0 Å². The average molecular weight is 596 g/mol. The fourth-order valence-electron chi connectivity index (χ4n) is 4.84. The third kappa shape index (κ3) is 4.94. The van der Waals surface area contributed by atoms with E-state index in [1.807, 2.05) is 0 Å². The number of rotatable bonds is 8. The number of hydrogen-bond donors (Lipinski definition) is 7. The Balaban J connectivity index is 1.17. The molecule has 6 rings (SSSR count). The molecule has 0 spiro atoms. The number of aliphatic hydroxyl groups excluding tert-OH is 3. The van der Waals surface area contributed by atoms with Crippen LogP contribution in [0.15, 0.2) is 23.8 Å². The van der Waals surface area contributed by atoms with E-state index in [4.69, 9.17) is 30.0 Å². The molecule has 220 valence electrons. The molecule has 2 fully saturated rings. The smallest absolute Gasteiger partial charge is 0.394 e. The predicted molar refractivity (Wildman–Crippen MR) is 134 cm³/mol. The van der Waals surface area contributed by atoms with E-state index in [0.717, 1.165) is 6.33 Å². The van der Waals surface area contributed by atoms with E-state index >= 15 is 0 Å². The van der Waals surface area contributed by atoms with Gasteiger partial charge in [-0.05, 0) is 0 Å². The monoisotopic (exact) mass is 596 g/mol. The van der Waals surface area contributed by atoms with Crippen LogP contribution < -0.4 is 17.0 Å². The van der Waals surface area contributed by atoms with Gasteiger partial charge in [-0.15, -0.1) is 0 Å². The van der Waals surface area contributed by atoms with Crippen molar-refractivity contribution in [1.29, 1.82) is 0 Å². The van der Waals surface area contributed by atoms with Crippen molar-refractivity contribution in [3.63, 3.8) is 0 Å². The molecule has 20 nitrogen and oxygen atoms in total. The number of phosphoric acid groups is 1. The SMILES string of the molecule is Nc1nc2c(ncn2[C@@H]2O[C@H](CO)[C@@H](O)[C@H]2OP(=O)(O)OCC2C[C@@H](O)[C@H](n3cnc4c(N)ncnc43)O2)c(=O)[nH]1. The molecule has 0 amide bonds. The molecular formula is C20H25N10O10P. The molecule has 9 N–H and O–H groups in total. The van der Waals surface area contributed by atoms with Crippen molar-refractivity contribution in [3.05, 3.63) is 29.3 Å². The summed E-state index contributed by atoms with van der Waals surface area (Å²) in [6.07, 6.45) is -4.80. The van der Waals surface area contributed by atoms with Crippen molar-refractivity contribution in [2.45, 2.75) is 49.4 Å². The van der Waals surface area contributed by atoms with Gasteiger partial charge in [0.25, 0.3) is 5.56 Å². The minimum atomic E-state index is -4.92. The van der Waals surface area contributed by atoms with Gasteiger partial charge < -0.3 is 41.2 Å². The number of imidazole rings is 2. The van der Waals surface area contributed by atoms with Gasteiger partial charge in [0.05, 0.1) is 32.0 Å². The molecule has 21 heteroatoms. The van der Waals surface area contributed by atoms with Crippen LogP contribution in [0.2, 0.25) is 0 Å². The van der Waals surface area contributed by atoms with Crippen molar-refractivity contribution in [1.82, 2.24) is 39.0 Å². The maximum atomic E-state index is 13.0. The zero-order valence-electron chi connectivity index (χ0n) is 20.9. The van der Waals surface area contributed by atoms with E-state index in [9.17, 15) is 29.6 Å². The lowest BCUT2D eigenvalue weighted by Gasteiger charge is -2.24. The Morgan fingerprint density at radius 2 is 1.80 bits per heavy atom. The molecule has 8 atom stereocenters. The van der Waals surface area contributed by atoms with Gasteiger partial charge in [-0.25, -0.2) is 24.5 Å². The number of nitrogens with one attached hydrogen (secondary N) is 1. The van der Waals surface area contributed by atoms with Gasteiger partial charge in [0.2, 0.25) is 5.95 Å². The Labute approximate surface area is 228 Å². The molecule has 2 aliphatic heterocycles. The van der Waals surface area contributed by atoms with Crippen molar-refractivity contribution in [2.24, 2.45) is 0 Å². The fourth-order valence-corrected chi connectivity index (χ4v) is 5.79. The Bertz CT molecular complexity index is 1690. The molecule has 4 aromatic rings. The molecule has 0 saturated carbocycles. The fraction of sp³-hybridized carbons (Fsp3) is 0.500. The minimum Gasteiger partial charge on any atom is -0.394 e. The molecule has 6 heterocycles. The number of aromatic amines is 1. The largest absolute Gasteiger partial charge is 0.472 e. The molecule has 2 unspecified atom stereocenters. The lowest BCUT2D eigenvalue weighted by atomic mass is 10.1. The van der Waals surface area contributed by atoms with Crippen LogP contribution in [0.3, 0.4) is 0 Å². The number of aromatic nitrogens is 8. The van der Waals surface area contributed by atoms with Crippen molar-refractivity contribution < 1.29 is 43.3 Å². The highest BCUT2D eigenvalue weighted by molar-refractivity contribution is 7.47. The standard InChI is InChI=1S/C20H25N10O10P/c21-14-10-15(24-4-23-14)29(5-25-10)18-8(32)1-7(38-18)3-37-41(35,36)40-13-12(33)9(2-31)39-19(13)30-6-26-11-16(30)27-20(22)28-17(11)34/h4-9,12-13,18-19,31-33H,1-3H2,(H,35,36)(H2,21,23,24)(H3,22,27,28,34)/t7?,8-,9-,12-,13-,18-,19-/m1/s1. The summed E-state index contributed by atoms with van der Waals surface area (Å²) >= 11 is 0. The highest BCUT2D eigenvalue weighted by atomic mass is 31.2. The third-order valence-electron chi connectivity index (χ3n) is 6.72. The minimum absolute atomic E-state index is 0.0257. The van der Waals surface area contributed by atoms with Gasteiger partial charge in [-0.3, -0.25) is 28.0 Å². The number of aliphatic hydroxyl groups is 3. The Hall–Kier alpha value is -3.59. The van der Waals surface area contributed by atoms with Gasteiger partial charge >= 0.3 is 7.82 Å². The second kappa shape index (κ2) is 10.4. The summed E-state index contributed by atoms with van der Waals surface area (Å²) in [5, 5.41) is 30.9. The second-order valence-electron chi connectivity index (χ2n) is 9.38. The summed E-state index contributed by atoms with van der Waals surface area (Å²) in [4.78, 5) is 45.1. The first-order valence-electron chi connectivity index (χ1n) is 12.1. The lowest BCUT2D eigenvalue weighted by molar-refractivity contribution is -0.0589.